The number of furan rings is 3. The topological polar surface area (TPSA) is 45.9 Å². The Hall–Kier alpha value is -14.3. The van der Waals surface area contributed by atoms with Gasteiger partial charge in [-0.25, -0.2) is 0 Å². The highest BCUT2D eigenvalue weighted by Gasteiger charge is 2.22. The third-order valence-electron chi connectivity index (χ3n) is 22.3. The highest BCUT2D eigenvalue weighted by atomic mass is 32.1. The van der Waals surface area contributed by atoms with Crippen molar-refractivity contribution >= 4 is 153 Å². The van der Waals surface area contributed by atoms with Gasteiger partial charge in [0, 0.05) is 86.6 Å². The molecule has 22 aromatic rings. The third-order valence-corrected chi connectivity index (χ3v) is 23.4. The van der Waals surface area contributed by atoms with E-state index in [1.54, 1.807) is 0 Å². The monoisotopic (exact) mass is 1420 g/mol. The fourth-order valence-electron chi connectivity index (χ4n) is 16.9. The maximum atomic E-state index is 6.76. The molecule has 22 rings (SSSR count). The van der Waals surface area contributed by atoms with Crippen LogP contribution in [0.5, 0.6) is 0 Å². The summed E-state index contributed by atoms with van der Waals surface area (Å²) in [7, 11) is 0. The molecule has 0 fully saturated rings. The largest absolute Gasteiger partial charge is 0.456 e. The number of anilines is 6. The number of nitrogens with zero attached hydrogens (tertiary/aromatic N) is 2. The Morgan fingerprint density at radius 2 is 0.491 bits per heavy atom. The summed E-state index contributed by atoms with van der Waals surface area (Å²) >= 11 is 1.85. The van der Waals surface area contributed by atoms with Crippen LogP contribution in [-0.2, 0) is 0 Å². The number of rotatable bonds is 13. The number of hydrogen-bond donors (Lipinski definition) is 0. The number of fused-ring (bicyclic) bond motifs is 14. The molecule has 0 spiro atoms. The summed E-state index contributed by atoms with van der Waals surface area (Å²) in [6.45, 7) is 0. The molecule has 0 N–H and O–H groups in total. The van der Waals surface area contributed by atoms with E-state index in [0.29, 0.717) is 0 Å². The lowest BCUT2D eigenvalue weighted by Crippen LogP contribution is -2.09. The molecule has 0 bridgehead atoms. The Kier molecular flexibility index (Phi) is 14.8. The molecule has 4 aromatic heterocycles. The summed E-state index contributed by atoms with van der Waals surface area (Å²) in [5.74, 6) is 0. The molecule has 0 unspecified atom stereocenters. The van der Waals surface area contributed by atoms with Crippen molar-refractivity contribution in [2.75, 3.05) is 9.80 Å². The van der Waals surface area contributed by atoms with Crippen molar-refractivity contribution in [1.29, 1.82) is 0 Å². The van der Waals surface area contributed by atoms with E-state index in [2.05, 4.69) is 374 Å². The zero-order valence-electron chi connectivity index (χ0n) is 59.5. The SMILES string of the molecule is c1cc(-c2ccc(N(c3ccc(-c4ccc5oc6cc(-c7cccc8c(-c9cccc(-c%10ccc(N(c%11ccc(-c%12ccc%13oc%14ccccc%14c%13c%12)cc%11)c%11ccc%12oc%13ccccc%13c%12c%11)cc%10)c9)cccc78)ccc6c5c4)cc3)c3ccc4sc5ccccc5c4c3)cc2)cc(-c2cccc3ccccc23)c1. The van der Waals surface area contributed by atoms with Crippen LogP contribution in [0, 0.1) is 0 Å². The standard InChI is InChI=1S/C104H64N2O3S/c1-2-20-83-69(14-1)15-11-24-84(83)74-18-9-16-70(58-74)65-34-45-79(46-35-65)106(82-52-57-104-96(64-82)92-23-5-8-31-103(92)110-104)80-49-38-68(39-50-80)73-42-55-100-94(61-73)91-53-40-76(62-102(91)109-100)86-26-13-27-87-85(25-12-28-88(86)87)75-19-10-17-71(59-75)66-32-43-77(44-33-66)105(81-51-56-101-95(63-81)90-22-4-7-30-98(90)108-101)78-47-36-67(37-48-78)72-41-54-99-93(60-72)89-21-3-6-29-97(89)107-99/h1-64H. The van der Waals surface area contributed by atoms with E-state index in [4.69, 9.17) is 13.3 Å². The maximum Gasteiger partial charge on any atom is 0.136 e. The fourth-order valence-corrected chi connectivity index (χ4v) is 18.0. The summed E-state index contributed by atoms with van der Waals surface area (Å²) in [6, 6.07) is 141. The van der Waals surface area contributed by atoms with Gasteiger partial charge in [-0.3, -0.25) is 0 Å². The molecule has 6 heteroatoms. The van der Waals surface area contributed by atoms with Crippen molar-refractivity contribution in [3.8, 4) is 77.9 Å². The summed E-state index contributed by atoms with van der Waals surface area (Å²) in [6.07, 6.45) is 0. The minimum Gasteiger partial charge on any atom is -0.456 e. The van der Waals surface area contributed by atoms with Gasteiger partial charge in [0.05, 0.1) is 0 Å². The zero-order valence-corrected chi connectivity index (χ0v) is 60.3. The molecule has 18 aromatic carbocycles. The van der Waals surface area contributed by atoms with Gasteiger partial charge in [0.25, 0.3) is 0 Å². The van der Waals surface area contributed by atoms with Crippen LogP contribution in [0.3, 0.4) is 0 Å². The first-order chi connectivity index (χ1) is 54.4. The van der Waals surface area contributed by atoms with Crippen LogP contribution in [0.25, 0.3) is 185 Å². The average molecular weight is 1420 g/mol. The quantitative estimate of drug-likeness (QED) is 0.115. The van der Waals surface area contributed by atoms with Crippen LogP contribution in [0.15, 0.2) is 401 Å². The predicted molar refractivity (Wildman–Crippen MR) is 464 cm³/mol. The first-order valence-electron chi connectivity index (χ1n) is 37.4. The predicted octanol–water partition coefficient (Wildman–Crippen LogP) is 30.7. The number of benzene rings is 18. The van der Waals surface area contributed by atoms with E-state index in [1.807, 2.05) is 35.6 Å². The smallest absolute Gasteiger partial charge is 0.136 e. The Morgan fingerprint density at radius 3 is 1.04 bits per heavy atom. The van der Waals surface area contributed by atoms with Gasteiger partial charge in [-0.05, 0) is 251 Å². The van der Waals surface area contributed by atoms with Crippen molar-refractivity contribution in [3.05, 3.63) is 388 Å². The number of hydrogen-bond acceptors (Lipinski definition) is 6. The van der Waals surface area contributed by atoms with Gasteiger partial charge in [0.15, 0.2) is 0 Å². The first kappa shape index (κ1) is 63.0. The second-order valence-electron chi connectivity index (χ2n) is 28.6. The normalized spacial score (nSPS) is 11.8. The molecule has 0 saturated carbocycles. The molecule has 0 aliphatic heterocycles. The lowest BCUT2D eigenvalue weighted by molar-refractivity contribution is 0.668. The van der Waals surface area contributed by atoms with Gasteiger partial charge in [-0.15, -0.1) is 11.3 Å². The highest BCUT2D eigenvalue weighted by Crippen LogP contribution is 2.47. The molecule has 110 heavy (non-hydrogen) atoms. The molecule has 514 valence electrons. The van der Waals surface area contributed by atoms with Crippen molar-refractivity contribution in [2.24, 2.45) is 0 Å². The van der Waals surface area contributed by atoms with Crippen LogP contribution in [-0.4, -0.2) is 0 Å². The van der Waals surface area contributed by atoms with Gasteiger partial charge < -0.3 is 23.1 Å². The molecule has 4 heterocycles. The van der Waals surface area contributed by atoms with Crippen molar-refractivity contribution < 1.29 is 13.3 Å². The van der Waals surface area contributed by atoms with Gasteiger partial charge in [0.1, 0.15) is 33.5 Å². The Balaban J connectivity index is 0.549. The van der Waals surface area contributed by atoms with E-state index in [-0.39, 0.29) is 0 Å². The second-order valence-corrected chi connectivity index (χ2v) is 29.7. The lowest BCUT2D eigenvalue weighted by atomic mass is 9.91. The average Bonchev–Trinajstić information content (AvgIpc) is 1.14. The summed E-state index contributed by atoms with van der Waals surface area (Å²) in [4.78, 5) is 4.73. The minimum atomic E-state index is 0.855. The van der Waals surface area contributed by atoms with Crippen LogP contribution in [0.1, 0.15) is 0 Å². The first-order valence-corrected chi connectivity index (χ1v) is 38.2. The minimum absolute atomic E-state index is 0.855. The summed E-state index contributed by atoms with van der Waals surface area (Å²) < 4.78 is 21.8. The van der Waals surface area contributed by atoms with Crippen molar-refractivity contribution in [3.63, 3.8) is 0 Å². The second kappa shape index (κ2) is 25.7. The molecule has 0 saturated heterocycles. The Morgan fingerprint density at radius 1 is 0.164 bits per heavy atom. The lowest BCUT2D eigenvalue weighted by Gasteiger charge is -2.26. The third kappa shape index (κ3) is 10.8. The van der Waals surface area contributed by atoms with Crippen LogP contribution < -0.4 is 9.80 Å². The molecule has 0 aliphatic rings. The van der Waals surface area contributed by atoms with E-state index >= 15 is 0 Å². The zero-order chi connectivity index (χ0) is 72.3. The van der Waals surface area contributed by atoms with Gasteiger partial charge in [0.2, 0.25) is 0 Å². The van der Waals surface area contributed by atoms with Crippen molar-refractivity contribution in [2.45, 2.75) is 0 Å². The Bertz CT molecular complexity index is 7400. The molecular formula is C104H64N2O3S. The van der Waals surface area contributed by atoms with Crippen LogP contribution in [0.2, 0.25) is 0 Å². The van der Waals surface area contributed by atoms with E-state index in [9.17, 15) is 0 Å². The summed E-state index contributed by atoms with van der Waals surface area (Å²) in [5, 5.41) is 14.0. The Labute approximate surface area is 637 Å². The van der Waals surface area contributed by atoms with E-state index in [1.165, 1.54) is 69.5 Å². The molecule has 0 atom stereocenters. The van der Waals surface area contributed by atoms with E-state index < -0.39 is 0 Å². The summed E-state index contributed by atoms with van der Waals surface area (Å²) in [5.41, 5.74) is 27.8. The van der Waals surface area contributed by atoms with Crippen LogP contribution in [0.4, 0.5) is 34.1 Å². The van der Waals surface area contributed by atoms with Gasteiger partial charge in [-0.1, -0.05) is 237 Å². The molecule has 0 amide bonds. The molecule has 0 aliphatic carbocycles. The maximum absolute atomic E-state index is 6.76. The fraction of sp³-hybridized carbons (Fsp3) is 0. The van der Waals surface area contributed by atoms with Crippen molar-refractivity contribution in [1.82, 2.24) is 0 Å². The number of thiophene rings is 1. The molecular weight excluding hydrogens is 1360 g/mol. The molecule has 5 nitrogen and oxygen atoms in total. The highest BCUT2D eigenvalue weighted by molar-refractivity contribution is 7.25. The van der Waals surface area contributed by atoms with Crippen LogP contribution >= 0.6 is 11.3 Å². The van der Waals surface area contributed by atoms with Gasteiger partial charge >= 0.3 is 0 Å². The molecule has 0 radical (unpaired) electrons. The number of para-hydroxylation sites is 2. The van der Waals surface area contributed by atoms with Gasteiger partial charge in [-0.2, -0.15) is 0 Å². The van der Waals surface area contributed by atoms with E-state index in [0.717, 1.165) is 150 Å².